The van der Waals surface area contributed by atoms with Gasteiger partial charge in [0.1, 0.15) is 5.70 Å². The number of alkyl halides is 3. The molecule has 9 nitrogen and oxygen atoms in total. The molecular weight excluding hydrogens is 507 g/mol. The molecule has 0 fully saturated rings. The maximum Gasteiger partial charge on any atom is 0.434 e. The summed E-state index contributed by atoms with van der Waals surface area (Å²) in [6.45, 7) is 0. The SMILES string of the molecule is O=C=C1NC=Cc2c1cccc2-n1ncc(C(=O)Nc2cc(Cl)c(-n3nccn3)s2)c1C(F)(F)F. The van der Waals surface area contributed by atoms with Crippen LogP contribution in [0.2, 0.25) is 5.02 Å². The number of carbonyl (C=O) groups is 1. The number of nitrogens with zero attached hydrogens (tertiary/aromatic N) is 5. The van der Waals surface area contributed by atoms with Crippen LogP contribution < -0.4 is 10.6 Å². The summed E-state index contributed by atoms with van der Waals surface area (Å²) in [7, 11) is 0. The number of rotatable bonds is 4. The second-order valence-corrected chi connectivity index (χ2v) is 8.48. The van der Waals surface area contributed by atoms with Gasteiger partial charge in [0.05, 0.1) is 39.9 Å². The van der Waals surface area contributed by atoms with Crippen molar-refractivity contribution in [1.82, 2.24) is 30.1 Å². The van der Waals surface area contributed by atoms with Crippen LogP contribution >= 0.6 is 22.9 Å². The van der Waals surface area contributed by atoms with Gasteiger partial charge >= 0.3 is 6.18 Å². The van der Waals surface area contributed by atoms with Gasteiger partial charge in [0, 0.05) is 17.3 Å². The summed E-state index contributed by atoms with van der Waals surface area (Å²) < 4.78 is 43.2. The van der Waals surface area contributed by atoms with Crippen LogP contribution in [0.5, 0.6) is 0 Å². The lowest BCUT2D eigenvalue weighted by molar-refractivity contribution is -0.143. The molecule has 0 aliphatic carbocycles. The van der Waals surface area contributed by atoms with Crippen molar-refractivity contribution >= 4 is 51.6 Å². The van der Waals surface area contributed by atoms with Crippen LogP contribution in [-0.4, -0.2) is 36.6 Å². The standard InChI is InChI=1S/C21H11ClF3N7O2S/c22-14-8-17(35-20(14)32-27-6-7-28-32)30-19(34)13-9-29-31(18(13)21(23,24)25)16-3-1-2-11-12(16)4-5-26-15(11)10-33/h1-9,26H,(H,30,34). The van der Waals surface area contributed by atoms with E-state index in [1.807, 2.05) is 0 Å². The lowest BCUT2D eigenvalue weighted by Crippen LogP contribution is -2.21. The highest BCUT2D eigenvalue weighted by Gasteiger charge is 2.41. The number of anilines is 1. The third kappa shape index (κ3) is 4.01. The second-order valence-electron chi connectivity index (χ2n) is 7.05. The molecule has 4 aromatic rings. The topological polar surface area (TPSA) is 107 Å². The monoisotopic (exact) mass is 517 g/mol. The molecule has 4 heterocycles. The van der Waals surface area contributed by atoms with Crippen LogP contribution in [0.25, 0.3) is 22.5 Å². The lowest BCUT2D eigenvalue weighted by atomic mass is 10.0. The summed E-state index contributed by atoms with van der Waals surface area (Å²) in [4.78, 5) is 25.4. The lowest BCUT2D eigenvalue weighted by Gasteiger charge is -2.19. The van der Waals surface area contributed by atoms with E-state index in [1.165, 1.54) is 47.7 Å². The zero-order valence-electron chi connectivity index (χ0n) is 17.2. The molecule has 0 saturated carbocycles. The molecule has 35 heavy (non-hydrogen) atoms. The Hall–Kier alpha value is -4.19. The molecule has 0 spiro atoms. The molecule has 1 aromatic carbocycles. The van der Waals surface area contributed by atoms with Crippen molar-refractivity contribution < 1.29 is 22.8 Å². The maximum atomic E-state index is 14.2. The van der Waals surface area contributed by atoms with E-state index in [-0.39, 0.29) is 21.4 Å². The highest BCUT2D eigenvalue weighted by Crippen LogP contribution is 2.37. The second kappa shape index (κ2) is 8.55. The van der Waals surface area contributed by atoms with E-state index >= 15 is 0 Å². The average molecular weight is 518 g/mol. The van der Waals surface area contributed by atoms with E-state index in [0.717, 1.165) is 17.5 Å². The van der Waals surface area contributed by atoms with E-state index in [2.05, 4.69) is 25.9 Å². The molecule has 14 heteroatoms. The van der Waals surface area contributed by atoms with Gasteiger partial charge in [0.2, 0.25) is 0 Å². The summed E-state index contributed by atoms with van der Waals surface area (Å²) in [5.74, 6) is 0.688. The van der Waals surface area contributed by atoms with Crippen molar-refractivity contribution in [3.05, 3.63) is 76.5 Å². The molecular formula is C21H11ClF3N7O2S. The van der Waals surface area contributed by atoms with Gasteiger partial charge in [-0.15, -0.1) is 4.80 Å². The summed E-state index contributed by atoms with van der Waals surface area (Å²) in [6.07, 6.45) is 1.68. The Morgan fingerprint density at radius 2 is 1.97 bits per heavy atom. The number of fused-ring (bicyclic) bond motifs is 1. The Bertz CT molecular complexity index is 1530. The normalized spacial score (nSPS) is 12.7. The minimum absolute atomic E-state index is 0.0329. The van der Waals surface area contributed by atoms with Crippen LogP contribution in [0.3, 0.4) is 0 Å². The Balaban J connectivity index is 1.56. The first kappa shape index (κ1) is 22.6. The quantitative estimate of drug-likeness (QED) is 0.393. The maximum absolute atomic E-state index is 14.2. The van der Waals surface area contributed by atoms with Gasteiger partial charge in [-0.1, -0.05) is 35.1 Å². The molecule has 0 saturated heterocycles. The van der Waals surface area contributed by atoms with Crippen molar-refractivity contribution in [3.63, 3.8) is 0 Å². The first-order valence-corrected chi connectivity index (χ1v) is 10.9. The van der Waals surface area contributed by atoms with E-state index in [4.69, 9.17) is 11.6 Å². The third-order valence-electron chi connectivity index (χ3n) is 4.95. The predicted octanol–water partition coefficient (Wildman–Crippen LogP) is 4.19. The molecule has 1 aliphatic rings. The average Bonchev–Trinajstić information content (AvgIpc) is 3.57. The first-order chi connectivity index (χ1) is 16.8. The number of benzene rings is 1. The zero-order chi connectivity index (χ0) is 24.7. The molecule has 1 amide bonds. The molecule has 5 rings (SSSR count). The van der Waals surface area contributed by atoms with Crippen molar-refractivity contribution in [2.24, 2.45) is 0 Å². The largest absolute Gasteiger partial charge is 0.434 e. The van der Waals surface area contributed by atoms with Crippen LogP contribution in [0.4, 0.5) is 18.2 Å². The Kier molecular flexibility index (Phi) is 5.52. The van der Waals surface area contributed by atoms with Crippen LogP contribution in [-0.2, 0) is 11.0 Å². The number of thiophene rings is 1. The van der Waals surface area contributed by atoms with E-state index in [9.17, 15) is 22.8 Å². The molecule has 0 bridgehead atoms. The number of hydrogen-bond acceptors (Lipinski definition) is 7. The summed E-state index contributed by atoms with van der Waals surface area (Å²) in [5, 5.41) is 17.7. The molecule has 176 valence electrons. The van der Waals surface area contributed by atoms with E-state index in [0.29, 0.717) is 20.8 Å². The smallest absolute Gasteiger partial charge is 0.352 e. The molecule has 0 atom stereocenters. The van der Waals surface area contributed by atoms with Gasteiger partial charge in [0.25, 0.3) is 5.91 Å². The number of aromatic nitrogens is 5. The molecule has 0 radical (unpaired) electrons. The van der Waals surface area contributed by atoms with Crippen molar-refractivity contribution in [3.8, 4) is 10.7 Å². The Morgan fingerprint density at radius 1 is 1.20 bits per heavy atom. The number of halogens is 4. The number of amides is 1. The minimum Gasteiger partial charge on any atom is -0.352 e. The highest BCUT2D eigenvalue weighted by atomic mass is 35.5. The van der Waals surface area contributed by atoms with E-state index in [1.54, 1.807) is 12.0 Å². The van der Waals surface area contributed by atoms with E-state index < -0.39 is 23.3 Å². The first-order valence-electron chi connectivity index (χ1n) is 9.72. The molecule has 3 aromatic heterocycles. The van der Waals surface area contributed by atoms with Gasteiger partial charge in [0.15, 0.2) is 16.6 Å². The number of nitrogens with one attached hydrogen (secondary N) is 2. The van der Waals surface area contributed by atoms with Gasteiger partial charge in [-0.2, -0.15) is 28.5 Å². The number of hydrogen-bond donors (Lipinski definition) is 2. The Labute approximate surface area is 203 Å². The summed E-state index contributed by atoms with van der Waals surface area (Å²) in [5.41, 5.74) is -1.20. The molecule has 2 N–H and O–H groups in total. The minimum atomic E-state index is -4.93. The van der Waals surface area contributed by atoms with Gasteiger partial charge in [-0.25, -0.2) is 9.48 Å². The molecule has 1 aliphatic heterocycles. The Morgan fingerprint density at radius 3 is 2.69 bits per heavy atom. The van der Waals surface area contributed by atoms with Crippen molar-refractivity contribution in [1.29, 1.82) is 0 Å². The van der Waals surface area contributed by atoms with Gasteiger partial charge in [-0.05, 0) is 18.2 Å². The van der Waals surface area contributed by atoms with Crippen molar-refractivity contribution in [2.45, 2.75) is 6.18 Å². The third-order valence-corrected chi connectivity index (χ3v) is 6.37. The van der Waals surface area contributed by atoms with Gasteiger partial charge in [-0.3, -0.25) is 4.79 Å². The molecule has 0 unspecified atom stereocenters. The fourth-order valence-corrected chi connectivity index (χ4v) is 4.75. The van der Waals surface area contributed by atoms with Crippen LogP contribution in [0.1, 0.15) is 27.2 Å². The predicted molar refractivity (Wildman–Crippen MR) is 122 cm³/mol. The highest BCUT2D eigenvalue weighted by molar-refractivity contribution is 7.19. The van der Waals surface area contributed by atoms with Gasteiger partial charge < -0.3 is 10.6 Å². The van der Waals surface area contributed by atoms with Crippen LogP contribution in [0.15, 0.2) is 49.1 Å². The fourth-order valence-electron chi connectivity index (χ4n) is 3.53. The summed E-state index contributed by atoms with van der Waals surface area (Å²) >= 11 is 7.15. The number of carbonyl (C=O) groups excluding carboxylic acids is 2. The van der Waals surface area contributed by atoms with Crippen molar-refractivity contribution in [2.75, 3.05) is 5.32 Å². The fraction of sp³-hybridized carbons (Fsp3) is 0.0476. The van der Waals surface area contributed by atoms with Crippen LogP contribution in [0, 0.1) is 0 Å². The summed E-state index contributed by atoms with van der Waals surface area (Å²) in [6, 6.07) is 5.83. The zero-order valence-corrected chi connectivity index (χ0v) is 18.7.